The summed E-state index contributed by atoms with van der Waals surface area (Å²) < 4.78 is 6.18. The standard InChI is InChI=1S/C19H17NO3/c21-16-11-8-12-15-14(11)18(22)20(19(15)23-17(12)16)13-7-3-5-9-4-1-2-6-10(9)13/h1-7,11-12,14-17,19,21H,8H2. The molecule has 6 rings (SSSR count). The molecule has 2 saturated carbocycles. The molecule has 4 aliphatic rings. The van der Waals surface area contributed by atoms with Gasteiger partial charge in [-0.15, -0.1) is 0 Å². The first-order valence-corrected chi connectivity index (χ1v) is 8.40. The van der Waals surface area contributed by atoms with Crippen LogP contribution in [0.1, 0.15) is 6.42 Å². The third-order valence-corrected chi connectivity index (χ3v) is 6.54. The highest BCUT2D eigenvalue weighted by Crippen LogP contribution is 2.64. The normalized spacial score (nSPS) is 43.1. The van der Waals surface area contributed by atoms with Gasteiger partial charge in [-0.3, -0.25) is 9.69 Å². The molecule has 0 spiro atoms. The summed E-state index contributed by atoms with van der Waals surface area (Å²) in [6, 6.07) is 14.2. The molecular weight excluding hydrogens is 290 g/mol. The second-order valence-corrected chi connectivity index (χ2v) is 7.35. The lowest BCUT2D eigenvalue weighted by atomic mass is 9.80. The number of hydrogen-bond acceptors (Lipinski definition) is 3. The third kappa shape index (κ3) is 1.30. The van der Waals surface area contributed by atoms with E-state index in [0.717, 1.165) is 22.9 Å². The summed E-state index contributed by atoms with van der Waals surface area (Å²) >= 11 is 0. The van der Waals surface area contributed by atoms with E-state index in [1.54, 1.807) is 0 Å². The molecule has 4 heteroatoms. The van der Waals surface area contributed by atoms with E-state index >= 15 is 0 Å². The van der Waals surface area contributed by atoms with Crippen LogP contribution in [0.25, 0.3) is 10.8 Å². The van der Waals surface area contributed by atoms with Gasteiger partial charge in [-0.2, -0.15) is 0 Å². The zero-order valence-electron chi connectivity index (χ0n) is 12.5. The van der Waals surface area contributed by atoms with Gasteiger partial charge >= 0.3 is 0 Å². The monoisotopic (exact) mass is 307 g/mol. The van der Waals surface area contributed by atoms with Gasteiger partial charge in [0.1, 0.15) is 6.23 Å². The highest BCUT2D eigenvalue weighted by molar-refractivity contribution is 6.06. The topological polar surface area (TPSA) is 49.8 Å². The van der Waals surface area contributed by atoms with Crippen molar-refractivity contribution in [2.75, 3.05) is 4.90 Å². The third-order valence-electron chi connectivity index (χ3n) is 6.54. The lowest BCUT2D eigenvalue weighted by molar-refractivity contribution is -0.128. The van der Waals surface area contributed by atoms with Crippen LogP contribution in [0.3, 0.4) is 0 Å². The molecular formula is C19H17NO3. The summed E-state index contributed by atoms with van der Waals surface area (Å²) in [6.07, 6.45) is 0.226. The Bertz CT molecular complexity index is 844. The fraction of sp³-hybridized carbons (Fsp3) is 0.421. The SMILES string of the molecule is O=C1C2C3CC4C(OC(C42)N1c1cccc2ccccc12)C3O. The zero-order valence-corrected chi connectivity index (χ0v) is 12.5. The van der Waals surface area contributed by atoms with Crippen molar-refractivity contribution in [3.8, 4) is 0 Å². The summed E-state index contributed by atoms with van der Waals surface area (Å²) in [5, 5.41) is 12.6. The van der Waals surface area contributed by atoms with Crippen LogP contribution in [0.2, 0.25) is 0 Å². The molecule has 1 N–H and O–H groups in total. The first-order valence-electron chi connectivity index (χ1n) is 8.40. The molecule has 2 aliphatic heterocycles. The Morgan fingerprint density at radius 1 is 1.09 bits per heavy atom. The predicted octanol–water partition coefficient (Wildman–Crippen LogP) is 2.15. The van der Waals surface area contributed by atoms with Gasteiger partial charge in [0, 0.05) is 11.3 Å². The van der Waals surface area contributed by atoms with Crippen LogP contribution in [-0.4, -0.2) is 29.4 Å². The van der Waals surface area contributed by atoms with Gasteiger partial charge in [-0.05, 0) is 29.7 Å². The number of benzene rings is 2. The van der Waals surface area contributed by atoms with Crippen molar-refractivity contribution in [2.45, 2.75) is 24.9 Å². The number of aliphatic hydroxyl groups excluding tert-OH is 1. The molecule has 0 aromatic heterocycles. The van der Waals surface area contributed by atoms with Crippen LogP contribution in [0.4, 0.5) is 5.69 Å². The number of aliphatic hydroxyl groups is 1. The Morgan fingerprint density at radius 3 is 2.83 bits per heavy atom. The molecule has 2 heterocycles. The van der Waals surface area contributed by atoms with Gasteiger partial charge in [-0.25, -0.2) is 0 Å². The minimum Gasteiger partial charge on any atom is -0.390 e. The number of carbonyl (C=O) groups is 1. The second-order valence-electron chi connectivity index (χ2n) is 7.35. The van der Waals surface area contributed by atoms with Crippen LogP contribution >= 0.6 is 0 Å². The van der Waals surface area contributed by atoms with Gasteiger partial charge < -0.3 is 9.84 Å². The van der Waals surface area contributed by atoms with E-state index in [0.29, 0.717) is 5.92 Å². The van der Waals surface area contributed by atoms with E-state index in [-0.39, 0.29) is 36.0 Å². The lowest BCUT2D eigenvalue weighted by Crippen LogP contribution is -2.43. The maximum atomic E-state index is 13.1. The van der Waals surface area contributed by atoms with Crippen molar-refractivity contribution < 1.29 is 14.6 Å². The van der Waals surface area contributed by atoms with Crippen LogP contribution in [0.15, 0.2) is 42.5 Å². The van der Waals surface area contributed by atoms with Crippen molar-refractivity contribution >= 4 is 22.4 Å². The number of fused-ring (bicyclic) bond motifs is 3. The number of amides is 1. The van der Waals surface area contributed by atoms with Gasteiger partial charge in [0.2, 0.25) is 5.91 Å². The van der Waals surface area contributed by atoms with Gasteiger partial charge in [0.05, 0.1) is 23.8 Å². The fourth-order valence-corrected chi connectivity index (χ4v) is 5.73. The average molecular weight is 307 g/mol. The molecule has 7 atom stereocenters. The van der Waals surface area contributed by atoms with Crippen LogP contribution in [0.5, 0.6) is 0 Å². The molecule has 1 amide bonds. The lowest BCUT2D eigenvalue weighted by Gasteiger charge is -2.30. The number of carbonyl (C=O) groups excluding carboxylic acids is 1. The van der Waals surface area contributed by atoms with Gasteiger partial charge in [0.25, 0.3) is 0 Å². The van der Waals surface area contributed by atoms with Crippen molar-refractivity contribution in [1.82, 2.24) is 0 Å². The molecule has 0 radical (unpaired) electrons. The summed E-state index contributed by atoms with van der Waals surface area (Å²) in [4.78, 5) is 15.0. The van der Waals surface area contributed by atoms with E-state index in [2.05, 4.69) is 18.2 Å². The quantitative estimate of drug-likeness (QED) is 0.878. The van der Waals surface area contributed by atoms with E-state index in [4.69, 9.17) is 4.74 Å². The molecule has 2 aliphatic carbocycles. The average Bonchev–Trinajstić information content (AvgIpc) is 3.24. The predicted molar refractivity (Wildman–Crippen MR) is 84.7 cm³/mol. The molecule has 4 fully saturated rings. The smallest absolute Gasteiger partial charge is 0.233 e. The van der Waals surface area contributed by atoms with Gasteiger partial charge in [-0.1, -0.05) is 36.4 Å². The molecule has 2 aromatic carbocycles. The number of rotatable bonds is 1. The number of nitrogens with zero attached hydrogens (tertiary/aromatic N) is 1. The van der Waals surface area contributed by atoms with Crippen molar-refractivity contribution in [3.05, 3.63) is 42.5 Å². The van der Waals surface area contributed by atoms with E-state index in [9.17, 15) is 9.90 Å². The van der Waals surface area contributed by atoms with Crippen LogP contribution in [-0.2, 0) is 9.53 Å². The molecule has 2 aromatic rings. The molecule has 23 heavy (non-hydrogen) atoms. The summed E-state index contributed by atoms with van der Waals surface area (Å²) in [5.74, 6) is 0.792. The Morgan fingerprint density at radius 2 is 1.91 bits per heavy atom. The number of ether oxygens (including phenoxy) is 1. The van der Waals surface area contributed by atoms with Crippen molar-refractivity contribution in [1.29, 1.82) is 0 Å². The van der Waals surface area contributed by atoms with Crippen LogP contribution in [0, 0.1) is 23.7 Å². The molecule has 4 nitrogen and oxygen atoms in total. The largest absolute Gasteiger partial charge is 0.390 e. The minimum atomic E-state index is -0.454. The summed E-state index contributed by atoms with van der Waals surface area (Å²) in [5.41, 5.74) is 0.946. The Kier molecular flexibility index (Phi) is 2.14. The first kappa shape index (κ1) is 12.5. The Balaban J connectivity index is 1.53. The Hall–Kier alpha value is -1.91. The van der Waals surface area contributed by atoms with E-state index in [1.807, 2.05) is 29.2 Å². The maximum Gasteiger partial charge on any atom is 0.233 e. The minimum absolute atomic E-state index is 0.0577. The maximum absolute atomic E-state index is 13.1. The van der Waals surface area contributed by atoms with Crippen molar-refractivity contribution in [3.63, 3.8) is 0 Å². The van der Waals surface area contributed by atoms with E-state index < -0.39 is 6.10 Å². The van der Waals surface area contributed by atoms with Crippen molar-refractivity contribution in [2.24, 2.45) is 23.7 Å². The zero-order chi connectivity index (χ0) is 15.3. The number of hydrogen-bond donors (Lipinski definition) is 1. The van der Waals surface area contributed by atoms with Gasteiger partial charge in [0.15, 0.2) is 0 Å². The molecule has 2 bridgehead atoms. The summed E-state index contributed by atoms with van der Waals surface area (Å²) in [7, 11) is 0. The molecule has 7 unspecified atom stereocenters. The molecule has 116 valence electrons. The first-order chi connectivity index (χ1) is 11.3. The second kappa shape index (κ2) is 3.94. The van der Waals surface area contributed by atoms with E-state index in [1.165, 1.54) is 0 Å². The summed E-state index contributed by atoms with van der Waals surface area (Å²) in [6.45, 7) is 0. The highest BCUT2D eigenvalue weighted by Gasteiger charge is 2.72. The fourth-order valence-electron chi connectivity index (χ4n) is 5.73. The molecule has 2 saturated heterocycles. The number of anilines is 1. The Labute approximate surface area is 133 Å². The highest BCUT2D eigenvalue weighted by atomic mass is 16.5. The van der Waals surface area contributed by atoms with Crippen LogP contribution < -0.4 is 4.90 Å².